The van der Waals surface area contributed by atoms with Gasteiger partial charge in [0.25, 0.3) is 0 Å². The highest BCUT2D eigenvalue weighted by atomic mass is 32.2. The number of thiazole rings is 1. The first-order valence-electron chi connectivity index (χ1n) is 11.0. The molecule has 1 amide bonds. The van der Waals surface area contributed by atoms with E-state index in [1.165, 1.54) is 22.0 Å². The molecule has 0 atom stereocenters. The highest BCUT2D eigenvalue weighted by Crippen LogP contribution is 2.31. The van der Waals surface area contributed by atoms with Crippen LogP contribution in [0.3, 0.4) is 0 Å². The van der Waals surface area contributed by atoms with Gasteiger partial charge in [0, 0.05) is 17.8 Å². The first-order chi connectivity index (χ1) is 16.6. The Morgan fingerprint density at radius 3 is 2.74 bits per heavy atom. The maximum absolute atomic E-state index is 12.6. The Bertz CT molecular complexity index is 1420. The Hall–Kier alpha value is -3.01. The predicted molar refractivity (Wildman–Crippen MR) is 143 cm³/mol. The topological polar surface area (TPSA) is 72.7 Å². The van der Waals surface area contributed by atoms with Gasteiger partial charge >= 0.3 is 0 Å². The van der Waals surface area contributed by atoms with Crippen LogP contribution in [0.5, 0.6) is 0 Å². The van der Waals surface area contributed by atoms with Gasteiger partial charge in [-0.3, -0.25) is 4.79 Å². The zero-order chi connectivity index (χ0) is 23.5. The van der Waals surface area contributed by atoms with Crippen LogP contribution in [-0.4, -0.2) is 31.4 Å². The van der Waals surface area contributed by atoms with Gasteiger partial charge in [0.05, 0.1) is 20.8 Å². The molecular formula is C25H23N5OS3. The van der Waals surface area contributed by atoms with Gasteiger partial charge < -0.3 is 9.88 Å². The third kappa shape index (κ3) is 4.91. The zero-order valence-corrected chi connectivity index (χ0v) is 21.3. The number of thioether (sulfide) groups is 1. The van der Waals surface area contributed by atoms with Crippen molar-refractivity contribution in [3.05, 3.63) is 65.5 Å². The average molecular weight is 506 g/mol. The maximum atomic E-state index is 12.6. The molecule has 0 saturated carbocycles. The lowest BCUT2D eigenvalue weighted by Crippen LogP contribution is -2.14. The Morgan fingerprint density at radius 2 is 1.97 bits per heavy atom. The van der Waals surface area contributed by atoms with E-state index in [1.54, 1.807) is 22.7 Å². The van der Waals surface area contributed by atoms with E-state index in [2.05, 4.69) is 52.1 Å². The van der Waals surface area contributed by atoms with E-state index in [9.17, 15) is 4.79 Å². The number of carbonyl (C=O) groups is 1. The lowest BCUT2D eigenvalue weighted by Gasteiger charge is -2.08. The zero-order valence-electron chi connectivity index (χ0n) is 18.8. The molecule has 9 heteroatoms. The number of thiophene rings is 1. The molecule has 5 rings (SSSR count). The monoisotopic (exact) mass is 505 g/mol. The first-order valence-corrected chi connectivity index (χ1v) is 13.7. The first kappa shape index (κ1) is 22.8. The van der Waals surface area contributed by atoms with Crippen LogP contribution in [0.1, 0.15) is 18.9 Å². The molecule has 0 unspecified atom stereocenters. The molecule has 0 spiro atoms. The van der Waals surface area contributed by atoms with E-state index < -0.39 is 0 Å². The molecule has 5 aromatic rings. The second-order valence-corrected chi connectivity index (χ2v) is 10.8. The lowest BCUT2D eigenvalue weighted by atomic mass is 10.2. The SMILES string of the molecule is CCCn1c(SCC(=O)Nc2ccc(-c3nc4ccc(C)cc4s3)cc2)nnc1-c1cccs1. The molecule has 0 bridgehead atoms. The predicted octanol–water partition coefficient (Wildman–Crippen LogP) is 6.73. The third-order valence-electron chi connectivity index (χ3n) is 5.20. The Balaban J connectivity index is 1.23. The van der Waals surface area contributed by atoms with Crippen LogP contribution in [0, 0.1) is 6.92 Å². The fraction of sp³-hybridized carbons (Fsp3) is 0.200. The van der Waals surface area contributed by atoms with Gasteiger partial charge in [-0.15, -0.1) is 32.9 Å². The minimum absolute atomic E-state index is 0.0723. The number of anilines is 1. The second-order valence-electron chi connectivity index (χ2n) is 7.84. The third-order valence-corrected chi connectivity index (χ3v) is 8.10. The summed E-state index contributed by atoms with van der Waals surface area (Å²) in [6.07, 6.45) is 0.969. The molecule has 0 fully saturated rings. The molecule has 2 aromatic carbocycles. The summed E-state index contributed by atoms with van der Waals surface area (Å²) in [6, 6.07) is 18.2. The summed E-state index contributed by atoms with van der Waals surface area (Å²) in [6.45, 7) is 5.03. The van der Waals surface area contributed by atoms with Crippen molar-refractivity contribution >= 4 is 56.2 Å². The summed E-state index contributed by atoms with van der Waals surface area (Å²) < 4.78 is 3.28. The number of fused-ring (bicyclic) bond motifs is 1. The van der Waals surface area contributed by atoms with Gasteiger partial charge in [-0.1, -0.05) is 30.8 Å². The van der Waals surface area contributed by atoms with Crippen molar-refractivity contribution in [1.29, 1.82) is 0 Å². The van der Waals surface area contributed by atoms with Crippen LogP contribution in [0.4, 0.5) is 5.69 Å². The van der Waals surface area contributed by atoms with Gasteiger partial charge in [-0.2, -0.15) is 0 Å². The normalized spacial score (nSPS) is 11.2. The molecule has 0 aliphatic rings. The van der Waals surface area contributed by atoms with Crippen molar-refractivity contribution in [3.63, 3.8) is 0 Å². The van der Waals surface area contributed by atoms with E-state index in [0.29, 0.717) is 0 Å². The number of aryl methyl sites for hydroxylation is 1. The van der Waals surface area contributed by atoms with Gasteiger partial charge in [0.15, 0.2) is 11.0 Å². The van der Waals surface area contributed by atoms with Gasteiger partial charge in [-0.05, 0) is 66.8 Å². The van der Waals surface area contributed by atoms with Crippen molar-refractivity contribution in [2.75, 3.05) is 11.1 Å². The smallest absolute Gasteiger partial charge is 0.234 e. The molecule has 3 heterocycles. The van der Waals surface area contributed by atoms with Crippen molar-refractivity contribution in [3.8, 4) is 21.3 Å². The van der Waals surface area contributed by atoms with Crippen LogP contribution in [0.2, 0.25) is 0 Å². The molecule has 0 aliphatic heterocycles. The number of hydrogen-bond acceptors (Lipinski definition) is 7. The van der Waals surface area contributed by atoms with Gasteiger partial charge in [0.2, 0.25) is 5.91 Å². The molecule has 0 aliphatic carbocycles. The van der Waals surface area contributed by atoms with Crippen molar-refractivity contribution in [2.45, 2.75) is 32.0 Å². The number of rotatable bonds is 8. The van der Waals surface area contributed by atoms with Crippen LogP contribution in [-0.2, 0) is 11.3 Å². The molecule has 6 nitrogen and oxygen atoms in total. The number of aromatic nitrogens is 4. The summed E-state index contributed by atoms with van der Waals surface area (Å²) >= 11 is 4.73. The van der Waals surface area contributed by atoms with E-state index in [4.69, 9.17) is 4.98 Å². The Kier molecular flexibility index (Phi) is 6.75. The molecule has 3 aromatic heterocycles. The number of amides is 1. The van der Waals surface area contributed by atoms with Crippen LogP contribution in [0.15, 0.2) is 65.1 Å². The molecule has 172 valence electrons. The van der Waals surface area contributed by atoms with Crippen molar-refractivity contribution in [1.82, 2.24) is 19.7 Å². The number of hydrogen-bond donors (Lipinski definition) is 1. The fourth-order valence-electron chi connectivity index (χ4n) is 3.59. The van der Waals surface area contributed by atoms with Gasteiger partial charge in [-0.25, -0.2) is 4.98 Å². The largest absolute Gasteiger partial charge is 0.325 e. The van der Waals surface area contributed by atoms with Crippen molar-refractivity contribution < 1.29 is 4.79 Å². The second kappa shape index (κ2) is 10.1. The number of carbonyl (C=O) groups excluding carboxylic acids is 1. The van der Waals surface area contributed by atoms with Crippen molar-refractivity contribution in [2.24, 2.45) is 0 Å². The molecule has 34 heavy (non-hydrogen) atoms. The van der Waals surface area contributed by atoms with E-state index in [-0.39, 0.29) is 11.7 Å². The van der Waals surface area contributed by atoms with E-state index >= 15 is 0 Å². The summed E-state index contributed by atoms with van der Waals surface area (Å²) in [5, 5.41) is 15.5. The van der Waals surface area contributed by atoms with Crippen LogP contribution < -0.4 is 5.32 Å². The lowest BCUT2D eigenvalue weighted by molar-refractivity contribution is -0.113. The van der Waals surface area contributed by atoms with E-state index in [1.807, 2.05) is 41.8 Å². The summed E-state index contributed by atoms with van der Waals surface area (Å²) in [7, 11) is 0. The maximum Gasteiger partial charge on any atom is 0.234 e. The summed E-state index contributed by atoms with van der Waals surface area (Å²) in [5.74, 6) is 1.06. The van der Waals surface area contributed by atoms with Gasteiger partial charge in [0.1, 0.15) is 5.01 Å². The summed E-state index contributed by atoms with van der Waals surface area (Å²) in [4.78, 5) is 18.4. The minimum Gasteiger partial charge on any atom is -0.325 e. The highest BCUT2D eigenvalue weighted by molar-refractivity contribution is 7.99. The molecule has 1 N–H and O–H groups in total. The molecule has 0 saturated heterocycles. The quantitative estimate of drug-likeness (QED) is 0.237. The molecular weight excluding hydrogens is 483 g/mol. The van der Waals surface area contributed by atoms with E-state index in [0.717, 1.165) is 50.6 Å². The molecule has 0 radical (unpaired) electrons. The number of benzene rings is 2. The Labute approximate surface area is 210 Å². The highest BCUT2D eigenvalue weighted by Gasteiger charge is 2.16. The average Bonchev–Trinajstić information content (AvgIpc) is 3.58. The fourth-order valence-corrected chi connectivity index (χ4v) is 6.14. The van der Waals surface area contributed by atoms with Crippen LogP contribution in [0.25, 0.3) is 31.5 Å². The summed E-state index contributed by atoms with van der Waals surface area (Å²) in [5.41, 5.74) is 4.05. The minimum atomic E-state index is -0.0723. The number of nitrogens with one attached hydrogen (secondary N) is 1. The standard InChI is InChI=1S/C25H23N5OS3/c1-3-12-30-23(20-5-4-13-32-20)28-29-25(30)33-15-22(31)26-18-9-7-17(8-10-18)24-27-19-11-6-16(2)14-21(19)34-24/h4-11,13-14H,3,12,15H2,1-2H3,(H,26,31). The Morgan fingerprint density at radius 1 is 1.12 bits per heavy atom. The van der Waals surface area contributed by atoms with Crippen LogP contribution >= 0.6 is 34.4 Å². The number of nitrogens with zero attached hydrogens (tertiary/aromatic N) is 4.